The molecule has 0 bridgehead atoms. The zero-order valence-corrected chi connectivity index (χ0v) is 16.3. The van der Waals surface area contributed by atoms with E-state index in [1.54, 1.807) is 0 Å². The van der Waals surface area contributed by atoms with Crippen LogP contribution in [0.15, 0.2) is 48.5 Å². The molecule has 0 saturated heterocycles. The highest BCUT2D eigenvalue weighted by Gasteiger charge is 2.16. The summed E-state index contributed by atoms with van der Waals surface area (Å²) in [6.45, 7) is 4.85. The van der Waals surface area contributed by atoms with Gasteiger partial charge in [0.1, 0.15) is 12.4 Å². The summed E-state index contributed by atoms with van der Waals surface area (Å²) in [6, 6.07) is 16.0. The molecule has 27 heavy (non-hydrogen) atoms. The fourth-order valence-corrected chi connectivity index (χ4v) is 3.29. The van der Waals surface area contributed by atoms with Gasteiger partial charge < -0.3 is 15.0 Å². The van der Waals surface area contributed by atoms with Gasteiger partial charge in [-0.15, -0.1) is 0 Å². The Bertz CT molecular complexity index is 761. The average molecular weight is 367 g/mol. The Morgan fingerprint density at radius 1 is 1.11 bits per heavy atom. The Morgan fingerprint density at radius 2 is 1.85 bits per heavy atom. The van der Waals surface area contributed by atoms with Crippen LogP contribution >= 0.6 is 0 Å². The number of carbonyl (C=O) groups excluding carboxylic acids is 1. The van der Waals surface area contributed by atoms with E-state index in [9.17, 15) is 4.79 Å². The molecular formula is C22H29N3O2. The standard InChI is InChI=1S/C22H29N3O2/c1-24(2)15-16-27-21-10-6-5-9-20(21)22(26)23-12-14-25-13-11-18-7-3-4-8-19(18)17-25/h3-10H,11-17H2,1-2H3,(H,23,26). The Labute approximate surface area is 161 Å². The molecule has 1 aliphatic rings. The van der Waals surface area contributed by atoms with E-state index in [2.05, 4.69) is 39.4 Å². The largest absolute Gasteiger partial charge is 0.491 e. The first-order valence-corrected chi connectivity index (χ1v) is 9.57. The molecule has 1 amide bonds. The van der Waals surface area contributed by atoms with Gasteiger partial charge in [-0.3, -0.25) is 9.69 Å². The molecular weight excluding hydrogens is 338 g/mol. The van der Waals surface area contributed by atoms with E-state index < -0.39 is 0 Å². The number of hydrogen-bond acceptors (Lipinski definition) is 4. The minimum atomic E-state index is -0.0761. The van der Waals surface area contributed by atoms with Crippen molar-refractivity contribution in [2.75, 3.05) is 46.9 Å². The van der Waals surface area contributed by atoms with Crippen molar-refractivity contribution < 1.29 is 9.53 Å². The summed E-state index contributed by atoms with van der Waals surface area (Å²) >= 11 is 0. The van der Waals surface area contributed by atoms with Gasteiger partial charge >= 0.3 is 0 Å². The Kier molecular flexibility index (Phi) is 6.85. The normalized spacial score (nSPS) is 14.0. The molecule has 0 aliphatic carbocycles. The zero-order chi connectivity index (χ0) is 19.1. The molecule has 0 fully saturated rings. The van der Waals surface area contributed by atoms with Crippen LogP contribution in [0.2, 0.25) is 0 Å². The summed E-state index contributed by atoms with van der Waals surface area (Å²) in [5, 5.41) is 3.04. The second-order valence-corrected chi connectivity index (χ2v) is 7.20. The van der Waals surface area contributed by atoms with Crippen molar-refractivity contribution >= 4 is 5.91 Å². The quantitative estimate of drug-likeness (QED) is 0.778. The number of ether oxygens (including phenoxy) is 1. The van der Waals surface area contributed by atoms with E-state index in [1.165, 1.54) is 11.1 Å². The van der Waals surface area contributed by atoms with Gasteiger partial charge in [0.15, 0.2) is 0 Å². The monoisotopic (exact) mass is 367 g/mol. The fraction of sp³-hybridized carbons (Fsp3) is 0.409. The number of carbonyl (C=O) groups is 1. The average Bonchev–Trinajstić information content (AvgIpc) is 2.68. The molecule has 1 aliphatic heterocycles. The highest BCUT2D eigenvalue weighted by Crippen LogP contribution is 2.19. The van der Waals surface area contributed by atoms with Gasteiger partial charge in [-0.05, 0) is 43.8 Å². The number of para-hydroxylation sites is 1. The molecule has 144 valence electrons. The lowest BCUT2D eigenvalue weighted by Gasteiger charge is -2.28. The second-order valence-electron chi connectivity index (χ2n) is 7.20. The lowest BCUT2D eigenvalue weighted by Crippen LogP contribution is -2.37. The molecule has 2 aromatic carbocycles. The Balaban J connectivity index is 1.48. The van der Waals surface area contributed by atoms with Gasteiger partial charge in [0.2, 0.25) is 0 Å². The van der Waals surface area contributed by atoms with E-state index in [1.807, 2.05) is 38.4 Å². The maximum Gasteiger partial charge on any atom is 0.255 e. The van der Waals surface area contributed by atoms with E-state index in [0.29, 0.717) is 24.5 Å². The summed E-state index contributed by atoms with van der Waals surface area (Å²) in [7, 11) is 4.00. The second kappa shape index (κ2) is 9.53. The third-order valence-electron chi connectivity index (χ3n) is 4.85. The van der Waals surface area contributed by atoms with Crippen molar-refractivity contribution in [3.05, 3.63) is 65.2 Å². The minimum absolute atomic E-state index is 0.0761. The Hall–Kier alpha value is -2.37. The van der Waals surface area contributed by atoms with Gasteiger partial charge in [0.25, 0.3) is 5.91 Å². The fourth-order valence-electron chi connectivity index (χ4n) is 3.29. The number of likely N-dealkylation sites (N-methyl/N-ethyl adjacent to an activating group) is 1. The van der Waals surface area contributed by atoms with Gasteiger partial charge in [0.05, 0.1) is 5.56 Å². The smallest absolute Gasteiger partial charge is 0.255 e. The van der Waals surface area contributed by atoms with Gasteiger partial charge in [-0.1, -0.05) is 36.4 Å². The molecule has 0 atom stereocenters. The van der Waals surface area contributed by atoms with Crippen LogP contribution in [-0.2, 0) is 13.0 Å². The van der Waals surface area contributed by atoms with Crippen molar-refractivity contribution in [3.8, 4) is 5.75 Å². The first kappa shape index (κ1) is 19.4. The van der Waals surface area contributed by atoms with Crippen LogP contribution in [0.25, 0.3) is 0 Å². The van der Waals surface area contributed by atoms with Crippen LogP contribution in [0.1, 0.15) is 21.5 Å². The van der Waals surface area contributed by atoms with Crippen LogP contribution in [0.3, 0.4) is 0 Å². The van der Waals surface area contributed by atoms with Crippen LogP contribution in [0, 0.1) is 0 Å². The number of amides is 1. The molecule has 0 aromatic heterocycles. The maximum absolute atomic E-state index is 12.6. The van der Waals surface area contributed by atoms with Gasteiger partial charge in [-0.2, -0.15) is 0 Å². The number of nitrogens with one attached hydrogen (secondary N) is 1. The van der Waals surface area contributed by atoms with Crippen LogP contribution < -0.4 is 10.1 Å². The lowest BCUT2D eigenvalue weighted by atomic mass is 10.00. The molecule has 0 radical (unpaired) electrons. The first-order valence-electron chi connectivity index (χ1n) is 9.57. The molecule has 5 nitrogen and oxygen atoms in total. The van der Waals surface area contributed by atoms with Crippen molar-refractivity contribution in [1.82, 2.24) is 15.1 Å². The van der Waals surface area contributed by atoms with Crippen LogP contribution in [0.5, 0.6) is 5.75 Å². The Morgan fingerprint density at radius 3 is 2.67 bits per heavy atom. The summed E-state index contributed by atoms with van der Waals surface area (Å²) < 4.78 is 5.79. The van der Waals surface area contributed by atoms with Crippen molar-refractivity contribution in [2.24, 2.45) is 0 Å². The topological polar surface area (TPSA) is 44.8 Å². The molecule has 2 aromatic rings. The predicted octanol–water partition coefficient (Wildman–Crippen LogP) is 2.42. The van der Waals surface area contributed by atoms with Crippen molar-refractivity contribution in [3.63, 3.8) is 0 Å². The van der Waals surface area contributed by atoms with Crippen LogP contribution in [0.4, 0.5) is 0 Å². The summed E-state index contributed by atoms with van der Waals surface area (Å²) in [4.78, 5) is 17.0. The van der Waals surface area contributed by atoms with E-state index in [-0.39, 0.29) is 5.91 Å². The number of nitrogens with zero attached hydrogens (tertiary/aromatic N) is 2. The van der Waals surface area contributed by atoms with E-state index in [4.69, 9.17) is 4.74 Å². The lowest BCUT2D eigenvalue weighted by molar-refractivity contribution is 0.0943. The summed E-state index contributed by atoms with van der Waals surface area (Å²) in [5.74, 6) is 0.566. The molecule has 0 unspecified atom stereocenters. The van der Waals surface area contributed by atoms with E-state index >= 15 is 0 Å². The number of rotatable bonds is 8. The van der Waals surface area contributed by atoms with Crippen molar-refractivity contribution in [1.29, 1.82) is 0 Å². The maximum atomic E-state index is 12.6. The number of fused-ring (bicyclic) bond motifs is 1. The predicted molar refractivity (Wildman–Crippen MR) is 108 cm³/mol. The van der Waals surface area contributed by atoms with E-state index in [0.717, 1.165) is 32.6 Å². The van der Waals surface area contributed by atoms with Gasteiger partial charge in [-0.25, -0.2) is 0 Å². The molecule has 0 saturated carbocycles. The highest BCUT2D eigenvalue weighted by molar-refractivity contribution is 5.96. The van der Waals surface area contributed by atoms with Crippen molar-refractivity contribution in [2.45, 2.75) is 13.0 Å². The molecule has 1 heterocycles. The third kappa shape index (κ3) is 5.55. The number of hydrogen-bond donors (Lipinski definition) is 1. The SMILES string of the molecule is CN(C)CCOc1ccccc1C(=O)NCCN1CCc2ccccc2C1. The van der Waals surface area contributed by atoms with Gasteiger partial charge in [0, 0.05) is 32.7 Å². The summed E-state index contributed by atoms with van der Waals surface area (Å²) in [5.41, 5.74) is 3.44. The highest BCUT2D eigenvalue weighted by atomic mass is 16.5. The first-order chi connectivity index (χ1) is 13.1. The third-order valence-corrected chi connectivity index (χ3v) is 4.85. The van der Waals surface area contributed by atoms with Crippen LogP contribution in [-0.4, -0.2) is 62.6 Å². The number of benzene rings is 2. The molecule has 5 heteroatoms. The molecule has 1 N–H and O–H groups in total. The molecule has 3 rings (SSSR count). The minimum Gasteiger partial charge on any atom is -0.491 e. The molecule has 0 spiro atoms. The summed E-state index contributed by atoms with van der Waals surface area (Å²) in [6.07, 6.45) is 1.08. The zero-order valence-electron chi connectivity index (χ0n) is 16.3.